The normalized spacial score (nSPS) is 21.3. The minimum absolute atomic E-state index is 0.0425. The van der Waals surface area contributed by atoms with Gasteiger partial charge in [-0.1, -0.05) is 48.5 Å². The van der Waals surface area contributed by atoms with Gasteiger partial charge in [0.2, 0.25) is 47.3 Å². The minimum atomic E-state index is -1.52. The number of aromatic amines is 1. The maximum Gasteiger partial charge on any atom is 0.326 e. The molecule has 1 saturated heterocycles. The Bertz CT molecular complexity index is 2430. The molecule has 1 fully saturated rings. The number of hydrogen-bond acceptors (Lipinski definition) is 12. The Morgan fingerprint density at radius 2 is 1.37 bits per heavy atom. The van der Waals surface area contributed by atoms with Crippen molar-refractivity contribution < 1.29 is 48.3 Å². The van der Waals surface area contributed by atoms with Gasteiger partial charge >= 0.3 is 5.97 Å². The number of nitrogens with one attached hydrogen (secondary N) is 13. The van der Waals surface area contributed by atoms with Crippen LogP contribution in [-0.2, 0) is 49.6 Å². The summed E-state index contributed by atoms with van der Waals surface area (Å²) in [5, 5.41) is 52.1. The number of carbonyl (C=O) groups is 9. The van der Waals surface area contributed by atoms with Crippen molar-refractivity contribution in [3.63, 3.8) is 0 Å². The van der Waals surface area contributed by atoms with E-state index in [1.54, 1.807) is 42.6 Å². The Morgan fingerprint density at radius 1 is 0.753 bits per heavy atom. The Hall–Kier alpha value is -8.29. The maximum atomic E-state index is 14.5. The topological polar surface area (TPSA) is 436 Å². The van der Waals surface area contributed by atoms with Gasteiger partial charge in [-0.05, 0) is 75.1 Å². The van der Waals surface area contributed by atoms with Crippen LogP contribution in [0.25, 0.3) is 10.9 Å². The molecule has 3 aromatic rings. The average Bonchev–Trinajstić information content (AvgIpc) is 3.76. The van der Waals surface area contributed by atoms with Gasteiger partial charge in [0.15, 0.2) is 11.9 Å². The van der Waals surface area contributed by atoms with Crippen LogP contribution in [0.5, 0.6) is 0 Å². The lowest BCUT2D eigenvalue weighted by atomic mass is 10.0. The summed E-state index contributed by atoms with van der Waals surface area (Å²) in [4.78, 5) is 126. The molecular weight excluding hydrogens is 949 g/mol. The van der Waals surface area contributed by atoms with Crippen molar-refractivity contribution in [1.29, 1.82) is 10.8 Å². The first-order valence-corrected chi connectivity index (χ1v) is 23.9. The number of amides is 8. The van der Waals surface area contributed by atoms with E-state index >= 15 is 0 Å². The number of fused-ring (bicyclic) bond motifs is 1. The lowest BCUT2D eigenvalue weighted by molar-refractivity contribution is -0.142. The predicted octanol–water partition coefficient (Wildman–Crippen LogP) is -2.85. The highest BCUT2D eigenvalue weighted by atomic mass is 16.4. The molecule has 1 unspecified atom stereocenters. The molecule has 396 valence electrons. The van der Waals surface area contributed by atoms with E-state index in [2.05, 4.69) is 58.2 Å². The number of benzene rings is 2. The summed E-state index contributed by atoms with van der Waals surface area (Å²) in [6.07, 6.45) is 0.900. The van der Waals surface area contributed by atoms with Crippen molar-refractivity contribution in [2.24, 2.45) is 17.2 Å². The number of rotatable bonds is 17. The standard InChI is InChI=1S/C47H68N16O10/c1-26(64)57-31(14-7-22-54-46(49)50)39(66)58-33-17-18-37(65)53-21-9-16-35(45(72)73)61-43(70)36(24-28-25-56-30-13-6-5-12-29(28)30)62-40(67)32(15-8-23-55-47(51)52)60-44(71)38(27-10-3-2-4-11-27)63-42(69)34(19-20-48)59-41(33)68/h2-6,10-13,25,31-36,38,56H,7-9,14-24,48H2,1H3,(H,53,65)(H,57,64)(H,58,66)(H,59,68)(H,60,71)(H,61,70)(H,62,67)(H,63,69)(H,72,73)(H4,49,50,54)(H4,51,52,55)/t31-,32-,33-,34-,35-,36-,38?/m0/s1. The SMILES string of the molecule is CC(=O)N[C@@H](CCCNC(=N)N)C(=O)N[C@H]1CCC(=O)NCCC[C@@H](C(=O)O)NC(=O)[C@H](Cc2c[nH]c3ccccc23)NC(=O)[C@H](CCCNC(=N)N)NC(=O)C(c2ccccc2)NC(=O)[C@H](CCN)NC1=O. The van der Waals surface area contributed by atoms with Gasteiger partial charge < -0.3 is 80.5 Å². The third-order valence-corrected chi connectivity index (χ3v) is 11.7. The zero-order chi connectivity index (χ0) is 53.5. The van der Waals surface area contributed by atoms with Crippen molar-refractivity contribution in [3.05, 3.63) is 71.9 Å². The van der Waals surface area contributed by atoms with E-state index in [4.69, 9.17) is 28.0 Å². The first kappa shape index (κ1) is 57.3. The Balaban J connectivity index is 1.75. The summed E-state index contributed by atoms with van der Waals surface area (Å²) >= 11 is 0. The van der Waals surface area contributed by atoms with Gasteiger partial charge in [0.1, 0.15) is 42.3 Å². The average molecular weight is 1020 g/mol. The molecule has 8 amide bonds. The number of aliphatic carboxylic acids is 1. The molecule has 0 radical (unpaired) electrons. The summed E-state index contributed by atoms with van der Waals surface area (Å²) < 4.78 is 0. The van der Waals surface area contributed by atoms with Crippen molar-refractivity contribution in [2.75, 3.05) is 26.2 Å². The summed E-state index contributed by atoms with van der Waals surface area (Å²) in [5.41, 5.74) is 18.4. The van der Waals surface area contributed by atoms with Crippen LogP contribution in [0.15, 0.2) is 60.8 Å². The maximum absolute atomic E-state index is 14.5. The number of carbonyl (C=O) groups excluding carboxylic acids is 8. The largest absolute Gasteiger partial charge is 0.480 e. The fourth-order valence-electron chi connectivity index (χ4n) is 7.96. The molecule has 26 heteroatoms. The van der Waals surface area contributed by atoms with Crippen molar-refractivity contribution in [3.8, 4) is 0 Å². The van der Waals surface area contributed by atoms with Gasteiger partial charge in [-0.15, -0.1) is 0 Å². The van der Waals surface area contributed by atoms with Crippen LogP contribution in [0.4, 0.5) is 0 Å². The monoisotopic (exact) mass is 1020 g/mol. The predicted molar refractivity (Wildman–Crippen MR) is 268 cm³/mol. The smallest absolute Gasteiger partial charge is 0.326 e. The molecule has 1 aliphatic rings. The molecule has 73 heavy (non-hydrogen) atoms. The molecule has 2 aromatic carbocycles. The zero-order valence-electron chi connectivity index (χ0n) is 40.6. The Morgan fingerprint density at radius 3 is 2.04 bits per heavy atom. The van der Waals surface area contributed by atoms with E-state index < -0.39 is 95.5 Å². The molecule has 7 atom stereocenters. The second-order valence-electron chi connectivity index (χ2n) is 17.4. The quantitative estimate of drug-likeness (QED) is 0.0368. The Kier molecular flexibility index (Phi) is 22.9. The lowest BCUT2D eigenvalue weighted by Gasteiger charge is -2.28. The first-order valence-electron chi connectivity index (χ1n) is 23.9. The number of hydrogen-bond donors (Lipinski definition) is 17. The molecular formula is C47H68N16O10. The Labute approximate surface area is 421 Å². The third kappa shape index (κ3) is 19.1. The highest BCUT2D eigenvalue weighted by molar-refractivity contribution is 5.98. The van der Waals surface area contributed by atoms with E-state index in [9.17, 15) is 48.3 Å². The highest BCUT2D eigenvalue weighted by Crippen LogP contribution is 2.20. The molecule has 4 rings (SSSR count). The molecule has 0 spiro atoms. The van der Waals surface area contributed by atoms with E-state index in [0.29, 0.717) is 5.56 Å². The molecule has 0 aliphatic carbocycles. The molecule has 2 heterocycles. The van der Waals surface area contributed by atoms with Gasteiger partial charge in [-0.25, -0.2) is 4.79 Å². The van der Waals surface area contributed by atoms with Crippen LogP contribution < -0.4 is 70.4 Å². The molecule has 1 aromatic heterocycles. The molecule has 0 bridgehead atoms. The van der Waals surface area contributed by atoms with E-state index in [1.165, 1.54) is 19.1 Å². The van der Waals surface area contributed by atoms with Crippen LogP contribution in [0.1, 0.15) is 81.9 Å². The zero-order valence-corrected chi connectivity index (χ0v) is 40.6. The minimum Gasteiger partial charge on any atom is -0.480 e. The number of carboxylic acids is 1. The number of aromatic nitrogens is 1. The molecule has 1 aliphatic heterocycles. The number of carboxylic acid groups (broad SMARTS) is 1. The van der Waals surface area contributed by atoms with Crippen LogP contribution in [-0.4, -0.2) is 138 Å². The highest BCUT2D eigenvalue weighted by Gasteiger charge is 2.35. The van der Waals surface area contributed by atoms with Gasteiger partial charge in [0.05, 0.1) is 0 Å². The summed E-state index contributed by atoms with van der Waals surface area (Å²) in [6.45, 7) is 1.25. The molecule has 20 N–H and O–H groups in total. The fourth-order valence-corrected chi connectivity index (χ4v) is 7.96. The van der Waals surface area contributed by atoms with Crippen molar-refractivity contribution >= 4 is 76.0 Å². The fraction of sp³-hybridized carbons (Fsp3) is 0.468. The summed E-state index contributed by atoms with van der Waals surface area (Å²) in [5.74, 6) is -8.45. The van der Waals surface area contributed by atoms with Gasteiger partial charge in [-0.2, -0.15) is 0 Å². The molecule has 26 nitrogen and oxygen atoms in total. The second-order valence-corrected chi connectivity index (χ2v) is 17.4. The van der Waals surface area contributed by atoms with Crippen LogP contribution in [0.2, 0.25) is 0 Å². The van der Waals surface area contributed by atoms with Gasteiger partial charge in [-0.3, -0.25) is 49.2 Å². The van der Waals surface area contributed by atoms with Crippen LogP contribution in [0, 0.1) is 10.8 Å². The van der Waals surface area contributed by atoms with Gasteiger partial charge in [0.25, 0.3) is 0 Å². The number of guanidine groups is 2. The van der Waals surface area contributed by atoms with E-state index in [0.717, 1.165) is 10.9 Å². The summed E-state index contributed by atoms with van der Waals surface area (Å²) in [7, 11) is 0. The number of H-pyrrole nitrogens is 1. The number of para-hydroxylation sites is 1. The van der Waals surface area contributed by atoms with E-state index in [-0.39, 0.29) is 108 Å². The van der Waals surface area contributed by atoms with Crippen molar-refractivity contribution in [2.45, 2.75) is 113 Å². The second kappa shape index (κ2) is 29.1. The lowest BCUT2D eigenvalue weighted by Crippen LogP contribution is -2.58. The first-order chi connectivity index (χ1) is 34.9. The van der Waals surface area contributed by atoms with Crippen LogP contribution >= 0.6 is 0 Å². The van der Waals surface area contributed by atoms with Gasteiger partial charge in [0, 0.05) is 56.5 Å². The number of nitrogens with two attached hydrogens (primary N) is 3. The van der Waals surface area contributed by atoms with Crippen LogP contribution in [0.3, 0.4) is 0 Å². The third-order valence-electron chi connectivity index (χ3n) is 11.7. The molecule has 0 saturated carbocycles. The van der Waals surface area contributed by atoms with E-state index in [1.807, 2.05) is 6.07 Å². The summed E-state index contributed by atoms with van der Waals surface area (Å²) in [6, 6.07) is 5.24. The van der Waals surface area contributed by atoms with Crippen molar-refractivity contribution in [1.82, 2.24) is 58.2 Å².